The number of rotatable bonds is 6. The molecule has 0 radical (unpaired) electrons. The van der Waals surface area contributed by atoms with Crippen LogP contribution < -0.4 is 0 Å². The minimum absolute atomic E-state index is 0.0305. The third-order valence-corrected chi connectivity index (χ3v) is 10.3. The van der Waals surface area contributed by atoms with Crippen LogP contribution in [0, 0.1) is 5.92 Å². The van der Waals surface area contributed by atoms with Crippen molar-refractivity contribution in [3.05, 3.63) is 60.2 Å². The van der Waals surface area contributed by atoms with E-state index in [0.29, 0.717) is 17.6 Å². The fourth-order valence-electron chi connectivity index (χ4n) is 3.04. The molecule has 0 fully saturated rings. The van der Waals surface area contributed by atoms with Crippen molar-refractivity contribution in [1.82, 2.24) is 0 Å². The molecule has 29 heavy (non-hydrogen) atoms. The zero-order chi connectivity index (χ0) is 21.8. The summed E-state index contributed by atoms with van der Waals surface area (Å²) in [5.41, 5.74) is 0.997. The fraction of sp³-hybridized carbons (Fsp3) is 0.478. The van der Waals surface area contributed by atoms with E-state index in [1.807, 2.05) is 6.07 Å². The molecule has 0 aromatic heterocycles. The quantitative estimate of drug-likeness (QED) is 0.375. The molecule has 5 nitrogen and oxygen atoms in total. The van der Waals surface area contributed by atoms with Crippen molar-refractivity contribution in [2.24, 2.45) is 5.92 Å². The first-order valence-electron chi connectivity index (χ1n) is 9.85. The Morgan fingerprint density at radius 2 is 1.76 bits per heavy atom. The second-order valence-corrected chi connectivity index (χ2v) is 13.6. The molecule has 1 aromatic carbocycles. The Hall–Kier alpha value is -2.18. The van der Waals surface area contributed by atoms with Gasteiger partial charge in [0.1, 0.15) is 6.10 Å². The third-order valence-electron chi connectivity index (χ3n) is 5.79. The van der Waals surface area contributed by atoms with E-state index in [1.54, 1.807) is 36.4 Å². The summed E-state index contributed by atoms with van der Waals surface area (Å²) >= 11 is 0. The molecular formula is C23H32O5Si. The number of hydrogen-bond acceptors (Lipinski definition) is 5. The van der Waals surface area contributed by atoms with Crippen molar-refractivity contribution < 1.29 is 23.5 Å². The average molecular weight is 417 g/mol. The fourth-order valence-corrected chi connectivity index (χ4v) is 4.37. The highest BCUT2D eigenvalue weighted by atomic mass is 28.4. The van der Waals surface area contributed by atoms with E-state index in [0.717, 1.165) is 0 Å². The highest BCUT2D eigenvalue weighted by Crippen LogP contribution is 2.40. The molecule has 0 spiro atoms. The van der Waals surface area contributed by atoms with Crippen LogP contribution in [0.3, 0.4) is 0 Å². The molecule has 0 saturated carbocycles. The molecule has 0 N–H and O–H groups in total. The van der Waals surface area contributed by atoms with E-state index in [1.165, 1.54) is 7.11 Å². The monoisotopic (exact) mass is 416 g/mol. The third kappa shape index (κ3) is 5.45. The van der Waals surface area contributed by atoms with Gasteiger partial charge in [-0.3, -0.25) is 0 Å². The van der Waals surface area contributed by atoms with Crippen LogP contribution in [0.15, 0.2) is 54.6 Å². The van der Waals surface area contributed by atoms with E-state index in [2.05, 4.69) is 40.4 Å². The first-order valence-corrected chi connectivity index (χ1v) is 12.8. The summed E-state index contributed by atoms with van der Waals surface area (Å²) < 4.78 is 17.4. The highest BCUT2D eigenvalue weighted by molar-refractivity contribution is 6.74. The first-order chi connectivity index (χ1) is 13.5. The van der Waals surface area contributed by atoms with Crippen LogP contribution in [0.25, 0.3) is 0 Å². The Morgan fingerprint density at radius 3 is 2.28 bits per heavy atom. The molecule has 0 heterocycles. The second-order valence-electron chi connectivity index (χ2n) is 8.85. The van der Waals surface area contributed by atoms with E-state index in [4.69, 9.17) is 13.9 Å². The Labute approximate surface area is 174 Å². The van der Waals surface area contributed by atoms with Gasteiger partial charge < -0.3 is 13.9 Å². The van der Waals surface area contributed by atoms with Gasteiger partial charge in [0.25, 0.3) is 0 Å². The van der Waals surface area contributed by atoms with E-state index >= 15 is 0 Å². The van der Waals surface area contributed by atoms with Crippen LogP contribution >= 0.6 is 0 Å². The van der Waals surface area contributed by atoms with Crippen molar-refractivity contribution in [2.45, 2.75) is 57.5 Å². The highest BCUT2D eigenvalue weighted by Gasteiger charge is 2.45. The normalized spacial score (nSPS) is 22.4. The van der Waals surface area contributed by atoms with Gasteiger partial charge in [-0.2, -0.15) is 0 Å². The first kappa shape index (κ1) is 23.1. The van der Waals surface area contributed by atoms with Gasteiger partial charge in [-0.05, 0) is 30.3 Å². The van der Waals surface area contributed by atoms with Crippen LogP contribution in [-0.4, -0.2) is 39.6 Å². The standard InChI is InChI=1S/C23H32O5Si/c1-8-16-14-18(21(24)26-5)15-19(28-29(6,7)23(2,3)4)20(16)27-22(25)17-12-10-9-11-13-17/h8-14,16,19-20H,1,15H2,2-7H3/t16-,19+,20+/m0/s1. The predicted octanol–water partition coefficient (Wildman–Crippen LogP) is 4.91. The number of benzene rings is 1. The Kier molecular flexibility index (Phi) is 7.24. The van der Waals surface area contributed by atoms with Gasteiger partial charge in [0.2, 0.25) is 0 Å². The Bertz CT molecular complexity index is 776. The number of esters is 2. The Balaban J connectivity index is 2.38. The lowest BCUT2D eigenvalue weighted by atomic mass is 9.85. The maximum atomic E-state index is 12.7. The molecule has 0 saturated heterocycles. The number of hydrogen-bond donors (Lipinski definition) is 0. The largest absolute Gasteiger partial charge is 0.466 e. The topological polar surface area (TPSA) is 61.8 Å². The molecule has 158 valence electrons. The van der Waals surface area contributed by atoms with Crippen molar-refractivity contribution in [1.29, 1.82) is 0 Å². The maximum absolute atomic E-state index is 12.7. The maximum Gasteiger partial charge on any atom is 0.338 e. The van der Waals surface area contributed by atoms with E-state index < -0.39 is 32.5 Å². The summed E-state index contributed by atoms with van der Waals surface area (Å²) in [6.45, 7) is 14.6. The summed E-state index contributed by atoms with van der Waals surface area (Å²) in [6.07, 6.45) is 2.77. The zero-order valence-electron chi connectivity index (χ0n) is 18.2. The van der Waals surface area contributed by atoms with Crippen LogP contribution in [0.4, 0.5) is 0 Å². The lowest BCUT2D eigenvalue weighted by molar-refractivity contribution is -0.137. The van der Waals surface area contributed by atoms with E-state index in [-0.39, 0.29) is 11.0 Å². The molecule has 1 aliphatic rings. The van der Waals surface area contributed by atoms with Gasteiger partial charge in [0, 0.05) is 17.9 Å². The van der Waals surface area contributed by atoms with Crippen molar-refractivity contribution in [2.75, 3.05) is 7.11 Å². The summed E-state index contributed by atoms with van der Waals surface area (Å²) in [6, 6.07) is 8.86. The van der Waals surface area contributed by atoms with Crippen LogP contribution in [0.1, 0.15) is 37.6 Å². The van der Waals surface area contributed by atoms with Crippen molar-refractivity contribution >= 4 is 20.3 Å². The lowest BCUT2D eigenvalue weighted by Gasteiger charge is -2.43. The molecular weight excluding hydrogens is 384 g/mol. The molecule has 6 heteroatoms. The smallest absolute Gasteiger partial charge is 0.338 e. The van der Waals surface area contributed by atoms with E-state index in [9.17, 15) is 9.59 Å². The van der Waals surface area contributed by atoms with Gasteiger partial charge in [0.15, 0.2) is 8.32 Å². The van der Waals surface area contributed by atoms with Gasteiger partial charge in [-0.25, -0.2) is 9.59 Å². The SMILES string of the molecule is C=C[C@H]1C=C(C(=O)OC)C[C@@H](O[Si](C)(C)C(C)(C)C)[C@@H]1OC(=O)c1ccccc1. The number of carbonyl (C=O) groups excluding carboxylic acids is 2. The molecule has 2 rings (SSSR count). The number of methoxy groups -OCH3 is 1. The summed E-state index contributed by atoms with van der Waals surface area (Å²) in [4.78, 5) is 25.0. The van der Waals surface area contributed by atoms with Crippen LogP contribution in [0.5, 0.6) is 0 Å². The molecule has 3 atom stereocenters. The van der Waals surface area contributed by atoms with Gasteiger partial charge in [0.05, 0.1) is 18.8 Å². The molecule has 1 aromatic rings. The number of ether oxygens (including phenoxy) is 2. The molecule has 0 unspecified atom stereocenters. The molecule has 0 aliphatic heterocycles. The summed E-state index contributed by atoms with van der Waals surface area (Å²) in [5, 5.41) is -0.0305. The van der Waals surface area contributed by atoms with Crippen molar-refractivity contribution in [3.63, 3.8) is 0 Å². The molecule has 0 amide bonds. The van der Waals surface area contributed by atoms with Crippen LogP contribution in [0.2, 0.25) is 18.1 Å². The lowest BCUT2D eigenvalue weighted by Crippen LogP contribution is -2.51. The zero-order valence-corrected chi connectivity index (χ0v) is 19.2. The van der Waals surface area contributed by atoms with Crippen molar-refractivity contribution in [3.8, 4) is 0 Å². The number of carbonyl (C=O) groups is 2. The summed E-state index contributed by atoms with van der Waals surface area (Å²) in [7, 11) is -0.828. The van der Waals surface area contributed by atoms with Gasteiger partial charge in [-0.15, -0.1) is 6.58 Å². The second kappa shape index (κ2) is 9.09. The van der Waals surface area contributed by atoms with Gasteiger partial charge in [-0.1, -0.05) is 51.1 Å². The minimum atomic E-state index is -2.19. The average Bonchev–Trinajstić information content (AvgIpc) is 2.67. The Morgan fingerprint density at radius 1 is 1.14 bits per heavy atom. The van der Waals surface area contributed by atoms with Gasteiger partial charge >= 0.3 is 11.9 Å². The molecule has 0 bridgehead atoms. The minimum Gasteiger partial charge on any atom is -0.466 e. The predicted molar refractivity (Wildman–Crippen MR) is 116 cm³/mol. The summed E-state index contributed by atoms with van der Waals surface area (Å²) in [5.74, 6) is -1.16. The molecule has 1 aliphatic carbocycles. The van der Waals surface area contributed by atoms with Crippen LogP contribution in [-0.2, 0) is 18.7 Å².